The molecular formula is C14H20ClN3O5S2. The van der Waals surface area contributed by atoms with Gasteiger partial charge in [-0.2, -0.15) is 4.99 Å². The molecule has 0 radical (unpaired) electrons. The minimum Gasteiger partial charge on any atom is -0.370 e. The lowest BCUT2D eigenvalue weighted by atomic mass is 10.0. The summed E-state index contributed by atoms with van der Waals surface area (Å²) >= 11 is 0. The number of aliphatic imine (C=N–C) groups is 1. The highest BCUT2D eigenvalue weighted by molar-refractivity contribution is 7.94. The predicted octanol–water partition coefficient (Wildman–Crippen LogP) is 0.424. The predicted molar refractivity (Wildman–Crippen MR) is 96.5 cm³/mol. The van der Waals surface area contributed by atoms with Crippen molar-refractivity contribution in [2.75, 3.05) is 6.26 Å². The lowest BCUT2D eigenvalue weighted by Crippen LogP contribution is -2.24. The number of guanidine groups is 1. The molecule has 2 rings (SSSR count). The fourth-order valence-corrected chi connectivity index (χ4v) is 5.66. The van der Waals surface area contributed by atoms with Gasteiger partial charge in [0.2, 0.25) is 0 Å². The summed E-state index contributed by atoms with van der Waals surface area (Å²) in [7, 11) is -7.63. The molecule has 1 fully saturated rings. The SMILES string of the molecule is CCc1cc(S(=O)(=O)C2CC2)c(S(C)(=O)=O)cc1C(=O)N=C(N)N.Cl. The van der Waals surface area contributed by atoms with Gasteiger partial charge in [-0.25, -0.2) is 16.8 Å². The molecule has 0 saturated heterocycles. The van der Waals surface area contributed by atoms with E-state index in [1.54, 1.807) is 6.92 Å². The number of aryl methyl sites for hydroxylation is 1. The van der Waals surface area contributed by atoms with Crippen molar-refractivity contribution in [3.05, 3.63) is 23.3 Å². The highest BCUT2D eigenvalue weighted by Gasteiger charge is 2.40. The summed E-state index contributed by atoms with van der Waals surface area (Å²) in [5.41, 5.74) is 10.7. The third kappa shape index (κ3) is 4.50. The van der Waals surface area contributed by atoms with Crippen LogP contribution in [0.1, 0.15) is 35.7 Å². The smallest absolute Gasteiger partial charge is 0.280 e. The molecule has 11 heteroatoms. The number of hydrogen-bond acceptors (Lipinski definition) is 5. The first-order valence-corrected chi connectivity index (χ1v) is 10.7. The van der Waals surface area contributed by atoms with E-state index >= 15 is 0 Å². The van der Waals surface area contributed by atoms with E-state index in [2.05, 4.69) is 4.99 Å². The van der Waals surface area contributed by atoms with Crippen LogP contribution in [0, 0.1) is 0 Å². The number of benzene rings is 1. The number of sulfone groups is 2. The first kappa shape index (κ1) is 21.4. The molecule has 1 aliphatic carbocycles. The van der Waals surface area contributed by atoms with Gasteiger partial charge < -0.3 is 11.5 Å². The average molecular weight is 410 g/mol. The second kappa shape index (κ2) is 7.30. The molecule has 4 N–H and O–H groups in total. The number of hydrogen-bond donors (Lipinski definition) is 2. The van der Waals surface area contributed by atoms with Crippen LogP contribution in [0.5, 0.6) is 0 Å². The second-order valence-corrected chi connectivity index (χ2v) is 9.85. The van der Waals surface area contributed by atoms with Gasteiger partial charge in [0.05, 0.1) is 15.0 Å². The van der Waals surface area contributed by atoms with E-state index in [1.165, 1.54) is 6.07 Å². The molecular weight excluding hydrogens is 390 g/mol. The first-order valence-electron chi connectivity index (χ1n) is 7.23. The van der Waals surface area contributed by atoms with E-state index in [-0.39, 0.29) is 22.9 Å². The van der Waals surface area contributed by atoms with Gasteiger partial charge in [0.1, 0.15) is 0 Å². The maximum Gasteiger partial charge on any atom is 0.280 e. The molecule has 1 aromatic rings. The van der Waals surface area contributed by atoms with Crippen molar-refractivity contribution in [3.63, 3.8) is 0 Å². The van der Waals surface area contributed by atoms with Gasteiger partial charge >= 0.3 is 0 Å². The summed E-state index contributed by atoms with van der Waals surface area (Å²) in [5.74, 6) is -1.27. The van der Waals surface area contributed by atoms with Gasteiger partial charge in [-0.1, -0.05) is 6.92 Å². The molecule has 1 saturated carbocycles. The largest absolute Gasteiger partial charge is 0.370 e. The van der Waals surface area contributed by atoms with E-state index in [0.717, 1.165) is 12.3 Å². The van der Waals surface area contributed by atoms with E-state index < -0.39 is 41.7 Å². The Hall–Kier alpha value is -1.65. The Bertz CT molecular complexity index is 931. The van der Waals surface area contributed by atoms with Crippen molar-refractivity contribution in [1.29, 1.82) is 0 Å². The average Bonchev–Trinajstić information content (AvgIpc) is 3.28. The Balaban J connectivity index is 0.00000312. The van der Waals surface area contributed by atoms with E-state index in [9.17, 15) is 21.6 Å². The van der Waals surface area contributed by atoms with E-state index in [4.69, 9.17) is 11.5 Å². The van der Waals surface area contributed by atoms with Crippen LogP contribution in [0.3, 0.4) is 0 Å². The minimum absolute atomic E-state index is 0. The summed E-state index contributed by atoms with van der Waals surface area (Å²) in [4.78, 5) is 14.9. The topological polar surface area (TPSA) is 150 Å². The van der Waals surface area contributed by atoms with Gasteiger partial charge in [0, 0.05) is 11.8 Å². The molecule has 0 aliphatic heterocycles. The Kier molecular flexibility index (Phi) is 6.25. The minimum atomic E-state index is -3.87. The highest BCUT2D eigenvalue weighted by atomic mass is 35.5. The molecule has 0 spiro atoms. The number of carbonyl (C=O) groups is 1. The molecule has 1 aliphatic rings. The summed E-state index contributed by atoms with van der Waals surface area (Å²) in [6, 6.07) is 2.30. The third-order valence-corrected chi connectivity index (χ3v) is 7.25. The van der Waals surface area contributed by atoms with Crippen LogP contribution in [0.15, 0.2) is 26.9 Å². The fourth-order valence-electron chi connectivity index (χ4n) is 2.34. The van der Waals surface area contributed by atoms with Gasteiger partial charge in [0.15, 0.2) is 25.6 Å². The normalized spacial score (nSPS) is 14.5. The zero-order valence-electron chi connectivity index (χ0n) is 13.7. The van der Waals surface area contributed by atoms with Crippen LogP contribution in [0.2, 0.25) is 0 Å². The van der Waals surface area contributed by atoms with E-state index in [0.29, 0.717) is 24.8 Å². The number of halogens is 1. The Morgan fingerprint density at radius 2 is 1.72 bits per heavy atom. The van der Waals surface area contributed by atoms with Crippen molar-refractivity contribution in [3.8, 4) is 0 Å². The van der Waals surface area contributed by atoms with Gasteiger partial charge in [-0.3, -0.25) is 4.79 Å². The van der Waals surface area contributed by atoms with Crippen molar-refractivity contribution >= 4 is 43.9 Å². The molecule has 140 valence electrons. The summed E-state index contributed by atoms with van der Waals surface area (Å²) in [6.45, 7) is 1.72. The van der Waals surface area contributed by atoms with Gasteiger partial charge in [-0.15, -0.1) is 12.4 Å². The molecule has 0 bridgehead atoms. The summed E-state index contributed by atoms with van der Waals surface area (Å²) in [6.07, 6.45) is 2.22. The van der Waals surface area contributed by atoms with Crippen LogP contribution in [0.4, 0.5) is 0 Å². The monoisotopic (exact) mass is 409 g/mol. The highest BCUT2D eigenvalue weighted by Crippen LogP contribution is 2.37. The maximum atomic E-state index is 12.6. The van der Waals surface area contributed by atoms with E-state index in [1.807, 2.05) is 0 Å². The number of nitrogens with zero attached hydrogens (tertiary/aromatic N) is 1. The number of carbonyl (C=O) groups excluding carboxylic acids is 1. The first-order chi connectivity index (χ1) is 11.0. The number of amides is 1. The van der Waals surface area contributed by atoms with Crippen LogP contribution < -0.4 is 11.5 Å². The quantitative estimate of drug-likeness (QED) is 0.528. The van der Waals surface area contributed by atoms with Crippen LogP contribution in [-0.2, 0) is 26.1 Å². The van der Waals surface area contributed by atoms with Crippen molar-refractivity contribution < 1.29 is 21.6 Å². The van der Waals surface area contributed by atoms with Crippen LogP contribution in [0.25, 0.3) is 0 Å². The van der Waals surface area contributed by atoms with Crippen LogP contribution >= 0.6 is 12.4 Å². The third-order valence-electron chi connectivity index (χ3n) is 3.68. The van der Waals surface area contributed by atoms with Crippen molar-refractivity contribution in [2.45, 2.75) is 41.2 Å². The second-order valence-electron chi connectivity index (χ2n) is 5.67. The van der Waals surface area contributed by atoms with Crippen molar-refractivity contribution in [2.24, 2.45) is 16.5 Å². The Labute approximate surface area is 152 Å². The lowest BCUT2D eigenvalue weighted by Gasteiger charge is -2.13. The fraction of sp³-hybridized carbons (Fsp3) is 0.429. The zero-order valence-corrected chi connectivity index (χ0v) is 16.2. The Morgan fingerprint density at radius 1 is 1.16 bits per heavy atom. The molecule has 0 atom stereocenters. The molecule has 1 amide bonds. The van der Waals surface area contributed by atoms with Crippen molar-refractivity contribution in [1.82, 2.24) is 0 Å². The van der Waals surface area contributed by atoms with Gasteiger partial charge in [0.25, 0.3) is 5.91 Å². The molecule has 0 aromatic heterocycles. The molecule has 1 aromatic carbocycles. The lowest BCUT2D eigenvalue weighted by molar-refractivity contribution is 0.100. The zero-order chi connectivity index (χ0) is 18.3. The standard InChI is InChI=1S/C14H19N3O5S2.ClH/c1-3-8-6-12(24(21,22)9-4-5-9)11(23(2,19)20)7-10(8)13(18)17-14(15)16;/h6-7,9H,3-5H2,1-2H3,(H4,15,16,17,18);1H. The van der Waals surface area contributed by atoms with Crippen LogP contribution in [-0.4, -0.2) is 40.2 Å². The van der Waals surface area contributed by atoms with Gasteiger partial charge in [-0.05, 0) is 37.0 Å². The summed E-state index contributed by atoms with van der Waals surface area (Å²) < 4.78 is 49.3. The molecule has 8 nitrogen and oxygen atoms in total. The molecule has 0 heterocycles. The maximum absolute atomic E-state index is 12.6. The molecule has 25 heavy (non-hydrogen) atoms. The number of rotatable bonds is 5. The summed E-state index contributed by atoms with van der Waals surface area (Å²) in [5, 5.41) is -0.568. The molecule has 0 unspecified atom stereocenters. The Morgan fingerprint density at radius 3 is 2.12 bits per heavy atom. The number of nitrogens with two attached hydrogens (primary N) is 2.